The average Bonchev–Trinajstić information content (AvgIpc) is 2.52. The fourth-order valence-corrected chi connectivity index (χ4v) is 1.92. The number of ether oxygens (including phenoxy) is 1. The van der Waals surface area contributed by atoms with E-state index in [9.17, 15) is 18.3 Å². The van der Waals surface area contributed by atoms with Gasteiger partial charge in [0.15, 0.2) is 6.10 Å². The lowest BCUT2D eigenvalue weighted by Crippen LogP contribution is -2.20. The molecule has 2 aromatic carbocycles. The molecule has 1 N–H and O–H groups in total. The van der Waals surface area contributed by atoms with Gasteiger partial charge in [0.25, 0.3) is 0 Å². The van der Waals surface area contributed by atoms with Crippen LogP contribution in [0.5, 0.6) is 5.75 Å². The highest BCUT2D eigenvalue weighted by atomic mass is 19.4. The first-order valence-electron chi connectivity index (χ1n) is 6.44. The molecule has 0 spiro atoms. The van der Waals surface area contributed by atoms with Crippen molar-refractivity contribution in [3.05, 3.63) is 59.7 Å². The molecule has 0 aliphatic carbocycles. The van der Waals surface area contributed by atoms with Gasteiger partial charge in [0.2, 0.25) is 0 Å². The molecule has 3 nitrogen and oxygen atoms in total. The smallest absolute Gasteiger partial charge is 0.418 e. The van der Waals surface area contributed by atoms with Gasteiger partial charge in [-0.25, -0.2) is 0 Å². The van der Waals surface area contributed by atoms with Crippen molar-refractivity contribution in [2.45, 2.75) is 12.3 Å². The van der Waals surface area contributed by atoms with Crippen LogP contribution in [0.4, 0.5) is 18.9 Å². The van der Waals surface area contributed by atoms with Crippen LogP contribution in [0.15, 0.2) is 53.5 Å². The van der Waals surface area contributed by atoms with Crippen molar-refractivity contribution in [3.63, 3.8) is 0 Å². The molecule has 0 saturated carbocycles. The van der Waals surface area contributed by atoms with Gasteiger partial charge < -0.3 is 9.84 Å². The van der Waals surface area contributed by atoms with Gasteiger partial charge in [-0.3, -0.25) is 4.99 Å². The predicted octanol–water partition coefficient (Wildman–Crippen LogP) is 4.04. The lowest BCUT2D eigenvalue weighted by atomic mass is 10.1. The maximum absolute atomic E-state index is 12.7. The summed E-state index contributed by atoms with van der Waals surface area (Å²) in [6, 6.07) is 12.6. The first-order chi connectivity index (χ1) is 10.4. The minimum atomic E-state index is -4.74. The molecule has 2 aromatic rings. The minimum absolute atomic E-state index is 0.0539. The zero-order valence-corrected chi connectivity index (χ0v) is 11.7. The summed E-state index contributed by atoms with van der Waals surface area (Å²) >= 11 is 0. The van der Waals surface area contributed by atoms with Gasteiger partial charge in [0, 0.05) is 17.3 Å². The second-order valence-electron chi connectivity index (χ2n) is 4.50. The Morgan fingerprint density at radius 2 is 1.73 bits per heavy atom. The number of rotatable bonds is 4. The molecule has 0 aliphatic heterocycles. The Morgan fingerprint density at radius 1 is 1.09 bits per heavy atom. The van der Waals surface area contributed by atoms with E-state index in [0.29, 0.717) is 11.3 Å². The average molecular weight is 309 g/mol. The van der Waals surface area contributed by atoms with E-state index in [2.05, 4.69) is 4.99 Å². The van der Waals surface area contributed by atoms with E-state index in [1.807, 2.05) is 0 Å². The number of halogens is 3. The lowest BCUT2D eigenvalue weighted by molar-refractivity contribution is -0.206. The highest BCUT2D eigenvalue weighted by molar-refractivity contribution is 5.85. The summed E-state index contributed by atoms with van der Waals surface area (Å²) in [5.41, 5.74) is 0.390. The van der Waals surface area contributed by atoms with Crippen molar-refractivity contribution in [2.24, 2.45) is 4.99 Å². The molecule has 0 radical (unpaired) electrons. The lowest BCUT2D eigenvalue weighted by Gasteiger charge is -2.16. The Kier molecular flexibility index (Phi) is 4.82. The van der Waals surface area contributed by atoms with Crippen LogP contribution >= 0.6 is 0 Å². The molecule has 116 valence electrons. The molecule has 0 aliphatic rings. The highest BCUT2D eigenvalue weighted by Gasteiger charge is 2.40. The van der Waals surface area contributed by atoms with Crippen LogP contribution in [-0.2, 0) is 0 Å². The van der Waals surface area contributed by atoms with Crippen molar-refractivity contribution in [1.29, 1.82) is 0 Å². The molecule has 6 heteroatoms. The summed E-state index contributed by atoms with van der Waals surface area (Å²) in [7, 11) is 1.49. The summed E-state index contributed by atoms with van der Waals surface area (Å²) in [5, 5.41) is 9.41. The third-order valence-electron chi connectivity index (χ3n) is 3.02. The summed E-state index contributed by atoms with van der Waals surface area (Å²) in [5.74, 6) is 0.556. The van der Waals surface area contributed by atoms with Gasteiger partial charge in [-0.15, -0.1) is 0 Å². The van der Waals surface area contributed by atoms with Gasteiger partial charge in [-0.2, -0.15) is 13.2 Å². The Hall–Kier alpha value is -2.34. The number of para-hydroxylation sites is 2. The van der Waals surface area contributed by atoms with Crippen molar-refractivity contribution < 1.29 is 23.0 Å². The van der Waals surface area contributed by atoms with Gasteiger partial charge in [0.05, 0.1) is 12.8 Å². The number of hydrogen-bond donors (Lipinski definition) is 1. The highest BCUT2D eigenvalue weighted by Crippen LogP contribution is 2.37. The van der Waals surface area contributed by atoms with E-state index >= 15 is 0 Å². The SMILES string of the molecule is COc1ccccc1C=Nc1ccccc1[C@H](O)C(F)(F)F. The summed E-state index contributed by atoms with van der Waals surface area (Å²) in [6.07, 6.45) is -5.91. The van der Waals surface area contributed by atoms with Crippen LogP contribution in [-0.4, -0.2) is 24.6 Å². The number of benzene rings is 2. The molecule has 0 fully saturated rings. The second kappa shape index (κ2) is 6.62. The maximum atomic E-state index is 12.7. The largest absolute Gasteiger partial charge is 0.496 e. The molecular weight excluding hydrogens is 295 g/mol. The molecule has 0 unspecified atom stereocenters. The standard InChI is InChI=1S/C16H14F3NO2/c1-22-14-9-5-2-6-11(14)10-20-13-8-4-3-7-12(13)15(21)16(17,18)19/h2-10,15,21H,1H3/t15-/m0/s1. The molecule has 0 amide bonds. The number of alkyl halides is 3. The molecule has 0 aromatic heterocycles. The Morgan fingerprint density at radius 3 is 2.41 bits per heavy atom. The van der Waals surface area contributed by atoms with Gasteiger partial charge in [0.1, 0.15) is 5.75 Å². The third-order valence-corrected chi connectivity index (χ3v) is 3.02. The van der Waals surface area contributed by atoms with Crippen LogP contribution in [0.1, 0.15) is 17.2 Å². The Labute approximate surface area is 125 Å². The third kappa shape index (κ3) is 3.65. The van der Waals surface area contributed by atoms with Gasteiger partial charge in [-0.1, -0.05) is 30.3 Å². The van der Waals surface area contributed by atoms with Crippen LogP contribution in [0.25, 0.3) is 0 Å². The molecule has 1 atom stereocenters. The summed E-state index contributed by atoms with van der Waals surface area (Å²) in [4.78, 5) is 4.05. The predicted molar refractivity (Wildman–Crippen MR) is 77.7 cm³/mol. The molecule has 2 rings (SSSR count). The van der Waals surface area contributed by atoms with Crippen LogP contribution in [0.3, 0.4) is 0 Å². The van der Waals surface area contributed by atoms with Gasteiger partial charge in [-0.05, 0) is 18.2 Å². The van der Waals surface area contributed by atoms with Gasteiger partial charge >= 0.3 is 6.18 Å². The summed E-state index contributed by atoms with van der Waals surface area (Å²) < 4.78 is 43.2. The molecule has 0 bridgehead atoms. The number of aliphatic hydroxyl groups is 1. The second-order valence-corrected chi connectivity index (χ2v) is 4.50. The van der Waals surface area contributed by atoms with Crippen LogP contribution in [0, 0.1) is 0 Å². The normalized spacial score (nSPS) is 13.3. The zero-order valence-electron chi connectivity index (χ0n) is 11.7. The van der Waals surface area contributed by atoms with Crippen molar-refractivity contribution in [2.75, 3.05) is 7.11 Å². The van der Waals surface area contributed by atoms with Crippen LogP contribution < -0.4 is 4.74 Å². The monoisotopic (exact) mass is 309 g/mol. The van der Waals surface area contributed by atoms with Crippen molar-refractivity contribution >= 4 is 11.9 Å². The topological polar surface area (TPSA) is 41.8 Å². The van der Waals surface area contributed by atoms with Crippen LogP contribution in [0.2, 0.25) is 0 Å². The van der Waals surface area contributed by atoms with E-state index in [1.54, 1.807) is 30.3 Å². The Balaban J connectivity index is 2.36. The first-order valence-corrected chi connectivity index (χ1v) is 6.44. The van der Waals surface area contributed by atoms with E-state index in [-0.39, 0.29) is 11.3 Å². The minimum Gasteiger partial charge on any atom is -0.496 e. The molecule has 0 heterocycles. The van der Waals surface area contributed by atoms with Crippen molar-refractivity contribution in [1.82, 2.24) is 0 Å². The van der Waals surface area contributed by atoms with E-state index in [0.717, 1.165) is 0 Å². The van der Waals surface area contributed by atoms with E-state index in [1.165, 1.54) is 31.5 Å². The summed E-state index contributed by atoms with van der Waals surface area (Å²) in [6.45, 7) is 0. The quantitative estimate of drug-likeness (QED) is 0.866. The number of nitrogens with zero attached hydrogens (tertiary/aromatic N) is 1. The van der Waals surface area contributed by atoms with E-state index in [4.69, 9.17) is 4.74 Å². The Bertz CT molecular complexity index is 668. The fraction of sp³-hybridized carbons (Fsp3) is 0.188. The fourth-order valence-electron chi connectivity index (χ4n) is 1.92. The first kappa shape index (κ1) is 16.0. The maximum Gasteiger partial charge on any atom is 0.418 e. The molecular formula is C16H14F3NO2. The number of aliphatic imine (C=N–C) groups is 1. The zero-order chi connectivity index (χ0) is 16.2. The van der Waals surface area contributed by atoms with E-state index < -0.39 is 12.3 Å². The van der Waals surface area contributed by atoms with Crippen molar-refractivity contribution in [3.8, 4) is 5.75 Å². The molecule has 0 saturated heterocycles. The number of aliphatic hydroxyl groups excluding tert-OH is 1. The molecule has 22 heavy (non-hydrogen) atoms. The number of hydrogen-bond acceptors (Lipinski definition) is 3. The number of methoxy groups -OCH3 is 1.